The van der Waals surface area contributed by atoms with Gasteiger partial charge in [-0.15, -0.1) is 0 Å². The SMILES string of the molecule is COCC1CCN(c2ccc([N+](=O)[O-])c(-n3nc(-c4ccccc4)c4ccccc4c3=O)c2)CC1. The van der Waals surface area contributed by atoms with Crippen molar-refractivity contribution in [2.45, 2.75) is 12.8 Å². The van der Waals surface area contributed by atoms with Crippen molar-refractivity contribution in [2.24, 2.45) is 5.92 Å². The zero-order valence-electron chi connectivity index (χ0n) is 19.5. The summed E-state index contributed by atoms with van der Waals surface area (Å²) in [5.74, 6) is 0.506. The van der Waals surface area contributed by atoms with Crippen molar-refractivity contribution in [1.82, 2.24) is 9.78 Å². The molecule has 2 heterocycles. The Hall–Kier alpha value is -4.04. The van der Waals surface area contributed by atoms with E-state index in [4.69, 9.17) is 4.74 Å². The van der Waals surface area contributed by atoms with Crippen LogP contribution >= 0.6 is 0 Å². The molecule has 5 rings (SSSR count). The Morgan fingerprint density at radius 1 is 1.00 bits per heavy atom. The molecule has 0 bridgehead atoms. The van der Waals surface area contributed by atoms with Gasteiger partial charge in [0.05, 0.1) is 16.0 Å². The van der Waals surface area contributed by atoms with Crippen LogP contribution in [0.3, 0.4) is 0 Å². The smallest absolute Gasteiger partial charge is 0.295 e. The molecule has 178 valence electrons. The van der Waals surface area contributed by atoms with Crippen molar-refractivity contribution >= 4 is 22.1 Å². The summed E-state index contributed by atoms with van der Waals surface area (Å²) in [4.78, 5) is 27.2. The molecule has 0 atom stereocenters. The fraction of sp³-hybridized carbons (Fsp3) is 0.259. The zero-order valence-corrected chi connectivity index (χ0v) is 19.5. The average Bonchev–Trinajstić information content (AvgIpc) is 2.90. The first kappa shape index (κ1) is 22.7. The number of nitro benzene ring substituents is 1. The third kappa shape index (κ3) is 4.40. The molecular formula is C27H26N4O4. The number of hydrogen-bond donors (Lipinski definition) is 0. The summed E-state index contributed by atoms with van der Waals surface area (Å²) < 4.78 is 6.48. The second kappa shape index (κ2) is 9.68. The fourth-order valence-electron chi connectivity index (χ4n) is 4.79. The van der Waals surface area contributed by atoms with Gasteiger partial charge in [0.25, 0.3) is 11.2 Å². The first-order valence-corrected chi connectivity index (χ1v) is 11.7. The minimum absolute atomic E-state index is 0.160. The first-order chi connectivity index (χ1) is 17.1. The Morgan fingerprint density at radius 2 is 1.69 bits per heavy atom. The summed E-state index contributed by atoms with van der Waals surface area (Å²) in [6, 6.07) is 21.7. The summed E-state index contributed by atoms with van der Waals surface area (Å²) in [6.07, 6.45) is 1.96. The maximum atomic E-state index is 13.5. The van der Waals surface area contributed by atoms with E-state index in [9.17, 15) is 14.9 Å². The number of nitro groups is 1. The Kier molecular flexibility index (Phi) is 6.29. The van der Waals surface area contributed by atoms with Gasteiger partial charge in [-0.1, -0.05) is 48.5 Å². The molecule has 0 aliphatic carbocycles. The van der Waals surface area contributed by atoms with Crippen molar-refractivity contribution < 1.29 is 9.66 Å². The molecule has 1 aliphatic heterocycles. The minimum atomic E-state index is -0.463. The minimum Gasteiger partial charge on any atom is -0.384 e. The molecule has 0 unspecified atom stereocenters. The van der Waals surface area contributed by atoms with E-state index in [1.54, 1.807) is 31.4 Å². The highest BCUT2D eigenvalue weighted by molar-refractivity contribution is 5.94. The van der Waals surface area contributed by atoms with Crippen molar-refractivity contribution in [1.29, 1.82) is 0 Å². The van der Waals surface area contributed by atoms with E-state index in [-0.39, 0.29) is 16.9 Å². The Morgan fingerprint density at radius 3 is 2.37 bits per heavy atom. The fourth-order valence-corrected chi connectivity index (χ4v) is 4.79. The van der Waals surface area contributed by atoms with E-state index in [2.05, 4.69) is 10.00 Å². The number of rotatable bonds is 6. The number of hydrogen-bond acceptors (Lipinski definition) is 6. The van der Waals surface area contributed by atoms with Crippen LogP contribution in [0.5, 0.6) is 0 Å². The number of methoxy groups -OCH3 is 1. The number of anilines is 1. The van der Waals surface area contributed by atoms with E-state index >= 15 is 0 Å². The predicted octanol–water partition coefficient (Wildman–Crippen LogP) is 4.82. The molecule has 8 nitrogen and oxygen atoms in total. The molecule has 0 spiro atoms. The summed E-state index contributed by atoms with van der Waals surface area (Å²) in [7, 11) is 1.72. The molecule has 1 fully saturated rings. The molecule has 35 heavy (non-hydrogen) atoms. The lowest BCUT2D eigenvalue weighted by molar-refractivity contribution is -0.384. The summed E-state index contributed by atoms with van der Waals surface area (Å²) in [5, 5.41) is 17.8. The van der Waals surface area contributed by atoms with Gasteiger partial charge in [-0.25, -0.2) is 0 Å². The maximum Gasteiger partial charge on any atom is 0.295 e. The number of benzene rings is 3. The van der Waals surface area contributed by atoms with E-state index in [1.807, 2.05) is 42.5 Å². The van der Waals surface area contributed by atoms with Crippen LogP contribution in [0.1, 0.15) is 12.8 Å². The van der Waals surface area contributed by atoms with Gasteiger partial charge in [-0.05, 0) is 37.0 Å². The second-order valence-corrected chi connectivity index (χ2v) is 8.79. The average molecular weight is 471 g/mol. The van der Waals surface area contributed by atoms with Crippen molar-refractivity contribution in [2.75, 3.05) is 31.7 Å². The van der Waals surface area contributed by atoms with Gasteiger partial charge in [0.1, 0.15) is 5.69 Å². The van der Waals surface area contributed by atoms with Gasteiger partial charge in [0, 0.05) is 49.5 Å². The van der Waals surface area contributed by atoms with E-state index in [0.29, 0.717) is 22.4 Å². The highest BCUT2D eigenvalue weighted by atomic mass is 16.6. The van der Waals surface area contributed by atoms with Crippen LogP contribution in [0.2, 0.25) is 0 Å². The number of fused-ring (bicyclic) bond motifs is 1. The van der Waals surface area contributed by atoms with Gasteiger partial charge < -0.3 is 9.64 Å². The molecule has 1 aliphatic rings. The molecular weight excluding hydrogens is 444 g/mol. The lowest BCUT2D eigenvalue weighted by Crippen LogP contribution is -2.35. The lowest BCUT2D eigenvalue weighted by atomic mass is 9.97. The molecule has 4 aromatic rings. The largest absolute Gasteiger partial charge is 0.384 e. The second-order valence-electron chi connectivity index (χ2n) is 8.79. The highest BCUT2D eigenvalue weighted by Crippen LogP contribution is 2.32. The Balaban J connectivity index is 1.66. The highest BCUT2D eigenvalue weighted by Gasteiger charge is 2.24. The number of nitrogens with zero attached hydrogens (tertiary/aromatic N) is 4. The third-order valence-corrected chi connectivity index (χ3v) is 6.62. The normalized spacial score (nSPS) is 14.4. The van der Waals surface area contributed by atoms with E-state index in [1.165, 1.54) is 10.7 Å². The van der Waals surface area contributed by atoms with Gasteiger partial charge in [-0.2, -0.15) is 9.78 Å². The molecule has 0 N–H and O–H groups in total. The topological polar surface area (TPSA) is 90.5 Å². The van der Waals surface area contributed by atoms with Crippen LogP contribution in [-0.2, 0) is 4.74 Å². The predicted molar refractivity (Wildman–Crippen MR) is 136 cm³/mol. The van der Waals surface area contributed by atoms with Crippen LogP contribution in [0, 0.1) is 16.0 Å². The Labute approximate surface area is 202 Å². The van der Waals surface area contributed by atoms with Crippen molar-refractivity contribution in [3.63, 3.8) is 0 Å². The molecule has 0 amide bonds. The molecule has 8 heteroatoms. The first-order valence-electron chi connectivity index (χ1n) is 11.7. The van der Waals surface area contributed by atoms with E-state index < -0.39 is 4.92 Å². The zero-order chi connectivity index (χ0) is 24.4. The van der Waals surface area contributed by atoms with Crippen molar-refractivity contribution in [3.05, 3.63) is 93.3 Å². The van der Waals surface area contributed by atoms with Crippen LogP contribution in [-0.4, -0.2) is 41.5 Å². The van der Waals surface area contributed by atoms with Gasteiger partial charge in [0.2, 0.25) is 0 Å². The molecule has 0 radical (unpaired) electrons. The third-order valence-electron chi connectivity index (χ3n) is 6.62. The summed E-state index contributed by atoms with van der Waals surface area (Å²) >= 11 is 0. The summed E-state index contributed by atoms with van der Waals surface area (Å²) in [5.41, 5.74) is 1.88. The number of piperidine rings is 1. The van der Waals surface area contributed by atoms with Crippen LogP contribution in [0.25, 0.3) is 27.7 Å². The number of ether oxygens (including phenoxy) is 1. The molecule has 1 aromatic heterocycles. The monoisotopic (exact) mass is 470 g/mol. The lowest BCUT2D eigenvalue weighted by Gasteiger charge is -2.33. The van der Waals surface area contributed by atoms with Crippen LogP contribution < -0.4 is 10.5 Å². The molecule has 3 aromatic carbocycles. The molecule has 1 saturated heterocycles. The Bertz CT molecular complexity index is 1430. The summed E-state index contributed by atoms with van der Waals surface area (Å²) in [6.45, 7) is 2.37. The molecule has 0 saturated carbocycles. The number of aromatic nitrogens is 2. The van der Waals surface area contributed by atoms with Crippen LogP contribution in [0.15, 0.2) is 77.6 Å². The standard InChI is InChI=1S/C27H26N4O4/c1-35-18-19-13-15-29(16-14-19)21-11-12-24(31(33)34)25(17-21)30-27(32)23-10-6-5-9-22(23)26(28-30)20-7-3-2-4-8-20/h2-12,17,19H,13-16,18H2,1H3. The quantitative estimate of drug-likeness (QED) is 0.296. The van der Waals surface area contributed by atoms with Gasteiger partial charge >= 0.3 is 0 Å². The van der Waals surface area contributed by atoms with E-state index in [0.717, 1.165) is 43.8 Å². The van der Waals surface area contributed by atoms with Gasteiger partial charge in [-0.3, -0.25) is 14.9 Å². The van der Waals surface area contributed by atoms with Crippen molar-refractivity contribution in [3.8, 4) is 16.9 Å². The van der Waals surface area contributed by atoms with Crippen LogP contribution in [0.4, 0.5) is 11.4 Å². The maximum absolute atomic E-state index is 13.5. The van der Waals surface area contributed by atoms with Gasteiger partial charge in [0.15, 0.2) is 0 Å².